The Bertz CT molecular complexity index is 941. The molecule has 8 nitrogen and oxygen atoms in total. The van der Waals surface area contributed by atoms with Crippen LogP contribution in [-0.4, -0.2) is 32.9 Å². The molecule has 28 heavy (non-hydrogen) atoms. The van der Waals surface area contributed by atoms with Crippen LogP contribution in [0.1, 0.15) is 31.1 Å². The van der Waals surface area contributed by atoms with Gasteiger partial charge in [-0.05, 0) is 50.2 Å². The number of hydrogen-bond acceptors (Lipinski definition) is 4. The summed E-state index contributed by atoms with van der Waals surface area (Å²) in [6.07, 6.45) is 0. The van der Waals surface area contributed by atoms with Gasteiger partial charge in [0.25, 0.3) is 5.91 Å². The van der Waals surface area contributed by atoms with Gasteiger partial charge in [0.2, 0.25) is 10.0 Å². The highest BCUT2D eigenvalue weighted by atomic mass is 32.2. The standard InChI is InChI=1S/C19H24N4O4S/c1-4-20-28(26,27)15-11-9-14(10-12-15)18(24)22-16-7-5-6-8-17(16)23-19(25)21-13(2)3/h5-13,20H,4H2,1-3H3,(H,22,24)(H2,21,23,25). The lowest BCUT2D eigenvalue weighted by molar-refractivity contribution is 0.102. The molecule has 2 rings (SSSR count). The second-order valence-electron chi connectivity index (χ2n) is 6.28. The van der Waals surface area contributed by atoms with Crippen molar-refractivity contribution >= 4 is 33.3 Å². The Morgan fingerprint density at radius 3 is 2.04 bits per heavy atom. The Morgan fingerprint density at radius 1 is 0.929 bits per heavy atom. The summed E-state index contributed by atoms with van der Waals surface area (Å²) in [6.45, 7) is 5.64. The van der Waals surface area contributed by atoms with Gasteiger partial charge in [0.15, 0.2) is 0 Å². The van der Waals surface area contributed by atoms with Crippen LogP contribution in [0, 0.1) is 0 Å². The molecule has 0 spiro atoms. The Labute approximate surface area is 164 Å². The Kier molecular flexibility index (Phi) is 7.13. The number of carbonyl (C=O) groups excluding carboxylic acids is 2. The molecular weight excluding hydrogens is 380 g/mol. The van der Waals surface area contributed by atoms with Gasteiger partial charge in [-0.25, -0.2) is 17.9 Å². The fourth-order valence-corrected chi connectivity index (χ4v) is 3.42. The first-order valence-electron chi connectivity index (χ1n) is 8.80. The van der Waals surface area contributed by atoms with E-state index in [1.54, 1.807) is 31.2 Å². The van der Waals surface area contributed by atoms with Gasteiger partial charge in [0.05, 0.1) is 16.3 Å². The lowest BCUT2D eigenvalue weighted by Gasteiger charge is -2.14. The smallest absolute Gasteiger partial charge is 0.319 e. The third-order valence-electron chi connectivity index (χ3n) is 3.60. The molecule has 0 bridgehead atoms. The van der Waals surface area contributed by atoms with Crippen molar-refractivity contribution in [3.8, 4) is 0 Å². The van der Waals surface area contributed by atoms with Crippen molar-refractivity contribution in [1.82, 2.24) is 10.0 Å². The van der Waals surface area contributed by atoms with E-state index in [-0.39, 0.29) is 29.1 Å². The quantitative estimate of drug-likeness (QED) is 0.568. The van der Waals surface area contributed by atoms with Crippen molar-refractivity contribution in [2.75, 3.05) is 17.2 Å². The van der Waals surface area contributed by atoms with Crippen LogP contribution in [0.15, 0.2) is 53.4 Å². The predicted octanol–water partition coefficient (Wildman–Crippen LogP) is 2.77. The van der Waals surface area contributed by atoms with Crippen molar-refractivity contribution in [1.29, 1.82) is 0 Å². The average Bonchev–Trinajstić information content (AvgIpc) is 2.62. The zero-order valence-corrected chi connectivity index (χ0v) is 16.8. The summed E-state index contributed by atoms with van der Waals surface area (Å²) in [6, 6.07) is 12.0. The molecule has 9 heteroatoms. The van der Waals surface area contributed by atoms with Gasteiger partial charge in [-0.1, -0.05) is 19.1 Å². The van der Waals surface area contributed by atoms with E-state index in [0.717, 1.165) is 0 Å². The van der Waals surface area contributed by atoms with E-state index >= 15 is 0 Å². The van der Waals surface area contributed by atoms with Gasteiger partial charge in [-0.3, -0.25) is 4.79 Å². The molecule has 0 aliphatic heterocycles. The minimum absolute atomic E-state index is 0.0289. The minimum atomic E-state index is -3.58. The molecule has 0 aromatic heterocycles. The third kappa shape index (κ3) is 5.80. The Balaban J connectivity index is 2.14. The van der Waals surface area contributed by atoms with Crippen molar-refractivity contribution in [2.24, 2.45) is 0 Å². The van der Waals surface area contributed by atoms with E-state index in [9.17, 15) is 18.0 Å². The van der Waals surface area contributed by atoms with Gasteiger partial charge in [0.1, 0.15) is 0 Å². The third-order valence-corrected chi connectivity index (χ3v) is 5.17. The van der Waals surface area contributed by atoms with Crippen molar-refractivity contribution < 1.29 is 18.0 Å². The van der Waals surface area contributed by atoms with Gasteiger partial charge in [-0.15, -0.1) is 0 Å². The summed E-state index contributed by atoms with van der Waals surface area (Å²) < 4.78 is 26.3. The summed E-state index contributed by atoms with van der Waals surface area (Å²) in [7, 11) is -3.58. The van der Waals surface area contributed by atoms with Gasteiger partial charge >= 0.3 is 6.03 Å². The van der Waals surface area contributed by atoms with Crippen LogP contribution in [0.4, 0.5) is 16.2 Å². The van der Waals surface area contributed by atoms with Crippen molar-refractivity contribution in [3.05, 3.63) is 54.1 Å². The number of carbonyl (C=O) groups is 2. The van der Waals surface area contributed by atoms with Crippen LogP contribution < -0.4 is 20.7 Å². The van der Waals surface area contributed by atoms with Crippen LogP contribution in [0.2, 0.25) is 0 Å². The molecule has 0 radical (unpaired) electrons. The summed E-state index contributed by atoms with van der Waals surface area (Å²) >= 11 is 0. The highest BCUT2D eigenvalue weighted by Crippen LogP contribution is 2.22. The average molecular weight is 404 g/mol. The summed E-state index contributed by atoms with van der Waals surface area (Å²) in [5.74, 6) is -0.425. The summed E-state index contributed by atoms with van der Waals surface area (Å²) in [4.78, 5) is 24.5. The second-order valence-corrected chi connectivity index (χ2v) is 8.05. The molecule has 2 aromatic rings. The highest BCUT2D eigenvalue weighted by Gasteiger charge is 2.15. The SMILES string of the molecule is CCNS(=O)(=O)c1ccc(C(=O)Nc2ccccc2NC(=O)NC(C)C)cc1. The van der Waals surface area contributed by atoms with Gasteiger partial charge < -0.3 is 16.0 Å². The number of nitrogens with one attached hydrogen (secondary N) is 4. The highest BCUT2D eigenvalue weighted by molar-refractivity contribution is 7.89. The lowest BCUT2D eigenvalue weighted by Crippen LogP contribution is -2.34. The van der Waals surface area contributed by atoms with E-state index in [1.165, 1.54) is 24.3 Å². The molecule has 0 heterocycles. The minimum Gasteiger partial charge on any atom is -0.336 e. The fraction of sp³-hybridized carbons (Fsp3) is 0.263. The van der Waals surface area contributed by atoms with Crippen molar-refractivity contribution in [2.45, 2.75) is 31.7 Å². The number of para-hydroxylation sites is 2. The van der Waals surface area contributed by atoms with Crippen LogP contribution in [-0.2, 0) is 10.0 Å². The van der Waals surface area contributed by atoms with E-state index in [0.29, 0.717) is 11.4 Å². The molecular formula is C19H24N4O4S. The van der Waals surface area contributed by atoms with E-state index in [4.69, 9.17) is 0 Å². The zero-order valence-electron chi connectivity index (χ0n) is 15.9. The molecule has 3 amide bonds. The molecule has 0 saturated heterocycles. The maximum Gasteiger partial charge on any atom is 0.319 e. The Hall–Kier alpha value is -2.91. The number of amides is 3. The van der Waals surface area contributed by atoms with Crippen LogP contribution >= 0.6 is 0 Å². The number of hydrogen-bond donors (Lipinski definition) is 4. The van der Waals surface area contributed by atoms with E-state index < -0.39 is 15.9 Å². The maximum atomic E-state index is 12.5. The first-order chi connectivity index (χ1) is 13.2. The first-order valence-corrected chi connectivity index (χ1v) is 10.3. The lowest BCUT2D eigenvalue weighted by atomic mass is 10.2. The summed E-state index contributed by atoms with van der Waals surface area (Å²) in [5, 5.41) is 8.12. The molecule has 0 unspecified atom stereocenters. The fourth-order valence-electron chi connectivity index (χ4n) is 2.38. The molecule has 0 aliphatic rings. The summed E-state index contributed by atoms with van der Waals surface area (Å²) in [5.41, 5.74) is 1.16. The maximum absolute atomic E-state index is 12.5. The van der Waals surface area contributed by atoms with Crippen LogP contribution in [0.25, 0.3) is 0 Å². The molecule has 2 aromatic carbocycles. The van der Waals surface area contributed by atoms with Crippen molar-refractivity contribution in [3.63, 3.8) is 0 Å². The molecule has 0 atom stereocenters. The van der Waals surface area contributed by atoms with Crippen LogP contribution in [0.3, 0.4) is 0 Å². The number of urea groups is 1. The Morgan fingerprint density at radius 2 is 1.50 bits per heavy atom. The van der Waals surface area contributed by atoms with E-state index in [1.807, 2.05) is 13.8 Å². The number of anilines is 2. The predicted molar refractivity (Wildman–Crippen MR) is 109 cm³/mol. The monoisotopic (exact) mass is 404 g/mol. The largest absolute Gasteiger partial charge is 0.336 e. The molecule has 0 saturated carbocycles. The number of benzene rings is 2. The van der Waals surface area contributed by atoms with Gasteiger partial charge in [-0.2, -0.15) is 0 Å². The number of rotatable bonds is 7. The van der Waals surface area contributed by atoms with E-state index in [2.05, 4.69) is 20.7 Å². The molecule has 0 fully saturated rings. The first kappa shape index (κ1) is 21.4. The second kappa shape index (κ2) is 9.34. The zero-order chi connectivity index (χ0) is 20.7. The van der Waals surface area contributed by atoms with Gasteiger partial charge in [0, 0.05) is 18.2 Å². The topological polar surface area (TPSA) is 116 Å². The normalized spacial score (nSPS) is 11.1. The molecule has 0 aliphatic carbocycles. The number of sulfonamides is 1. The molecule has 4 N–H and O–H groups in total. The molecule has 150 valence electrons. The van der Waals surface area contributed by atoms with Crippen LogP contribution in [0.5, 0.6) is 0 Å².